The number of carbonyl (C=O) groups is 2. The van der Waals surface area contributed by atoms with Crippen molar-refractivity contribution in [1.82, 2.24) is 15.3 Å². The number of alkyl halides is 1. The SMILES string of the molecule is COCCCC[C@](F)(c1ccccc1)[C@H]1CCCCN1C(=O)NOC(=O)N(C)CCCC1CCCCC1. The zero-order valence-corrected chi connectivity index (χ0v) is 22.8. The summed E-state index contributed by atoms with van der Waals surface area (Å²) in [7, 11) is 3.32. The third-order valence-corrected chi connectivity index (χ3v) is 8.05. The van der Waals surface area contributed by atoms with Crippen LogP contribution in [0.25, 0.3) is 0 Å². The number of amides is 3. The molecule has 2 atom stereocenters. The molecule has 208 valence electrons. The van der Waals surface area contributed by atoms with Crippen LogP contribution in [0.5, 0.6) is 0 Å². The van der Waals surface area contributed by atoms with E-state index in [9.17, 15) is 9.59 Å². The van der Waals surface area contributed by atoms with Crippen molar-refractivity contribution < 1.29 is 23.6 Å². The van der Waals surface area contributed by atoms with E-state index in [0.29, 0.717) is 44.5 Å². The van der Waals surface area contributed by atoms with Crippen LogP contribution in [0.4, 0.5) is 14.0 Å². The summed E-state index contributed by atoms with van der Waals surface area (Å²) in [5.74, 6) is 0.758. The van der Waals surface area contributed by atoms with Crippen molar-refractivity contribution >= 4 is 12.1 Å². The molecule has 1 aromatic rings. The number of hydrogen-bond acceptors (Lipinski definition) is 4. The summed E-state index contributed by atoms with van der Waals surface area (Å²) >= 11 is 0. The number of likely N-dealkylation sites (tertiary alicyclic amines) is 1. The first-order valence-corrected chi connectivity index (χ1v) is 14.2. The molecule has 1 N–H and O–H groups in total. The highest BCUT2D eigenvalue weighted by Gasteiger charge is 2.46. The van der Waals surface area contributed by atoms with Gasteiger partial charge in [0, 0.05) is 33.9 Å². The summed E-state index contributed by atoms with van der Waals surface area (Å²) in [4.78, 5) is 33.8. The number of carbonyl (C=O) groups excluding carboxylic acids is 2. The van der Waals surface area contributed by atoms with Gasteiger partial charge in [-0.15, -0.1) is 0 Å². The molecule has 1 aromatic carbocycles. The fourth-order valence-corrected chi connectivity index (χ4v) is 5.91. The van der Waals surface area contributed by atoms with E-state index in [1.165, 1.54) is 41.9 Å². The van der Waals surface area contributed by atoms with Gasteiger partial charge in [-0.05, 0) is 62.8 Å². The molecule has 0 spiro atoms. The molecule has 1 heterocycles. The van der Waals surface area contributed by atoms with Crippen LogP contribution in [0.1, 0.15) is 89.0 Å². The van der Waals surface area contributed by atoms with E-state index < -0.39 is 23.8 Å². The minimum Gasteiger partial charge on any atom is -0.385 e. The first-order valence-electron chi connectivity index (χ1n) is 14.2. The van der Waals surface area contributed by atoms with E-state index in [1.807, 2.05) is 18.2 Å². The van der Waals surface area contributed by atoms with Crippen LogP contribution >= 0.6 is 0 Å². The lowest BCUT2D eigenvalue weighted by atomic mass is 9.79. The summed E-state index contributed by atoms with van der Waals surface area (Å²) < 4.78 is 22.0. The molecule has 3 amide bonds. The Labute approximate surface area is 222 Å². The van der Waals surface area contributed by atoms with Crippen LogP contribution in [0.3, 0.4) is 0 Å². The molecule has 7 nitrogen and oxygen atoms in total. The third kappa shape index (κ3) is 8.59. The number of hydrogen-bond donors (Lipinski definition) is 1. The Morgan fingerprint density at radius 3 is 2.51 bits per heavy atom. The van der Waals surface area contributed by atoms with Crippen molar-refractivity contribution in [2.24, 2.45) is 5.92 Å². The Morgan fingerprint density at radius 2 is 1.78 bits per heavy atom. The summed E-state index contributed by atoms with van der Waals surface area (Å²) in [6.07, 6.45) is 11.8. The van der Waals surface area contributed by atoms with E-state index in [2.05, 4.69) is 5.48 Å². The molecule has 0 radical (unpaired) electrons. The van der Waals surface area contributed by atoms with Crippen molar-refractivity contribution in [2.45, 2.75) is 95.2 Å². The van der Waals surface area contributed by atoms with E-state index >= 15 is 4.39 Å². The summed E-state index contributed by atoms with van der Waals surface area (Å²) in [5.41, 5.74) is 1.19. The number of halogens is 1. The number of benzene rings is 1. The lowest BCUT2D eigenvalue weighted by Gasteiger charge is -2.44. The Balaban J connectivity index is 1.56. The number of nitrogens with zero attached hydrogens (tertiary/aromatic N) is 2. The fourth-order valence-electron chi connectivity index (χ4n) is 5.91. The zero-order chi connectivity index (χ0) is 26.5. The van der Waals surface area contributed by atoms with Crippen LogP contribution in [-0.2, 0) is 15.2 Å². The quantitative estimate of drug-likeness (QED) is 0.265. The topological polar surface area (TPSA) is 71.1 Å². The monoisotopic (exact) mass is 519 g/mol. The van der Waals surface area contributed by atoms with Crippen LogP contribution in [-0.4, -0.2) is 61.8 Å². The predicted octanol–water partition coefficient (Wildman–Crippen LogP) is 6.58. The molecule has 0 bridgehead atoms. The highest BCUT2D eigenvalue weighted by molar-refractivity contribution is 5.76. The maximum atomic E-state index is 16.9. The number of methoxy groups -OCH3 is 1. The average molecular weight is 520 g/mol. The molecule has 1 saturated heterocycles. The predicted molar refractivity (Wildman–Crippen MR) is 143 cm³/mol. The Kier molecular flexibility index (Phi) is 12.0. The van der Waals surface area contributed by atoms with Gasteiger partial charge in [-0.2, -0.15) is 5.48 Å². The van der Waals surface area contributed by atoms with Gasteiger partial charge in [0.2, 0.25) is 0 Å². The minimum atomic E-state index is -1.70. The van der Waals surface area contributed by atoms with Gasteiger partial charge in [-0.3, -0.25) is 0 Å². The lowest BCUT2D eigenvalue weighted by molar-refractivity contribution is -0.00459. The van der Waals surface area contributed by atoms with Gasteiger partial charge >= 0.3 is 12.1 Å². The van der Waals surface area contributed by atoms with Crippen molar-refractivity contribution in [3.05, 3.63) is 35.9 Å². The highest BCUT2D eigenvalue weighted by Crippen LogP contribution is 2.41. The molecule has 1 aliphatic carbocycles. The summed E-state index contributed by atoms with van der Waals surface area (Å²) in [6, 6.07) is 7.91. The van der Waals surface area contributed by atoms with E-state index in [0.717, 1.165) is 38.0 Å². The standard InChI is InChI=1S/C29H46FN3O4/c1-32(21-13-16-24-14-5-3-6-15-24)28(35)37-31-27(34)33-22-11-9-19-26(33)29(30,20-10-12-23-36-2)25-17-7-4-8-18-25/h4,7-8,17-18,24,26H,3,5-6,9-16,19-23H2,1-2H3,(H,31,34)/t26-,29+/m1/s1. The number of urea groups is 1. The Bertz CT molecular complexity index is 821. The second-order valence-corrected chi connectivity index (χ2v) is 10.7. The van der Waals surface area contributed by atoms with E-state index in [-0.39, 0.29) is 0 Å². The molecule has 3 rings (SSSR count). The van der Waals surface area contributed by atoms with Gasteiger partial charge in [-0.25, -0.2) is 14.0 Å². The average Bonchev–Trinajstić information content (AvgIpc) is 2.94. The molecule has 1 aliphatic heterocycles. The van der Waals surface area contributed by atoms with Crippen LogP contribution in [0.2, 0.25) is 0 Å². The van der Waals surface area contributed by atoms with Crippen molar-refractivity contribution in [3.8, 4) is 0 Å². The fraction of sp³-hybridized carbons (Fsp3) is 0.724. The molecule has 1 saturated carbocycles. The van der Waals surface area contributed by atoms with Gasteiger partial charge in [0.25, 0.3) is 0 Å². The third-order valence-electron chi connectivity index (χ3n) is 8.05. The number of piperidine rings is 1. The maximum absolute atomic E-state index is 16.9. The summed E-state index contributed by atoms with van der Waals surface area (Å²) in [5, 5.41) is 0. The van der Waals surface area contributed by atoms with Crippen LogP contribution in [0, 0.1) is 5.92 Å². The van der Waals surface area contributed by atoms with Gasteiger partial charge in [0.15, 0.2) is 5.67 Å². The van der Waals surface area contributed by atoms with E-state index in [4.69, 9.17) is 9.57 Å². The molecule has 0 unspecified atom stereocenters. The number of nitrogens with one attached hydrogen (secondary N) is 1. The lowest BCUT2D eigenvalue weighted by Crippen LogP contribution is -2.56. The molecular weight excluding hydrogens is 473 g/mol. The highest BCUT2D eigenvalue weighted by atomic mass is 19.1. The first kappa shape index (κ1) is 29.2. The van der Waals surface area contributed by atoms with Gasteiger partial charge in [-0.1, -0.05) is 62.4 Å². The molecule has 8 heteroatoms. The number of unbranched alkanes of at least 4 members (excludes halogenated alkanes) is 1. The zero-order valence-electron chi connectivity index (χ0n) is 22.8. The van der Waals surface area contributed by atoms with Gasteiger partial charge in [0.05, 0.1) is 6.04 Å². The molecule has 2 fully saturated rings. The summed E-state index contributed by atoms with van der Waals surface area (Å²) in [6.45, 7) is 1.58. The number of hydroxylamine groups is 1. The Hall–Kier alpha value is -2.35. The molecular formula is C29H46FN3O4. The molecule has 37 heavy (non-hydrogen) atoms. The maximum Gasteiger partial charge on any atom is 0.433 e. The van der Waals surface area contributed by atoms with Crippen LogP contribution < -0.4 is 5.48 Å². The second kappa shape index (κ2) is 15.2. The van der Waals surface area contributed by atoms with Crippen LogP contribution in [0.15, 0.2) is 30.3 Å². The minimum absolute atomic E-state index is 0.290. The number of ether oxygens (including phenoxy) is 1. The van der Waals surface area contributed by atoms with Crippen molar-refractivity contribution in [3.63, 3.8) is 0 Å². The second-order valence-electron chi connectivity index (χ2n) is 10.7. The van der Waals surface area contributed by atoms with Gasteiger partial charge < -0.3 is 19.4 Å². The molecule has 0 aromatic heterocycles. The normalized spacial score (nSPS) is 20.2. The molecule has 2 aliphatic rings. The smallest absolute Gasteiger partial charge is 0.385 e. The largest absolute Gasteiger partial charge is 0.433 e. The number of rotatable bonds is 11. The first-order chi connectivity index (χ1) is 18.0. The van der Waals surface area contributed by atoms with E-state index in [1.54, 1.807) is 26.3 Å². The van der Waals surface area contributed by atoms with Gasteiger partial charge in [0.1, 0.15) is 0 Å². The Morgan fingerprint density at radius 1 is 1.05 bits per heavy atom. The van der Waals surface area contributed by atoms with Crippen molar-refractivity contribution in [2.75, 3.05) is 33.9 Å². The van der Waals surface area contributed by atoms with Crippen molar-refractivity contribution in [1.29, 1.82) is 0 Å².